The molecule has 3 aromatic carbocycles. The number of para-hydroxylation sites is 2. The van der Waals surface area contributed by atoms with Gasteiger partial charge in [-0.05, 0) is 67.8 Å². The summed E-state index contributed by atoms with van der Waals surface area (Å²) in [6.45, 7) is 3.70. The van der Waals surface area contributed by atoms with E-state index >= 15 is 0 Å². The van der Waals surface area contributed by atoms with E-state index in [0.717, 1.165) is 54.0 Å². The van der Waals surface area contributed by atoms with Crippen LogP contribution in [0.1, 0.15) is 24.0 Å². The van der Waals surface area contributed by atoms with Crippen molar-refractivity contribution in [3.05, 3.63) is 82.9 Å². The Morgan fingerprint density at radius 3 is 2.67 bits per heavy atom. The zero-order valence-corrected chi connectivity index (χ0v) is 20.4. The van der Waals surface area contributed by atoms with E-state index in [2.05, 4.69) is 52.3 Å². The summed E-state index contributed by atoms with van der Waals surface area (Å²) in [6, 6.07) is 23.4. The molecule has 33 heavy (non-hydrogen) atoms. The highest BCUT2D eigenvalue weighted by atomic mass is 35.5. The van der Waals surface area contributed by atoms with Crippen LogP contribution in [0.3, 0.4) is 0 Å². The number of rotatable bonds is 6. The molecule has 0 aromatic heterocycles. The lowest BCUT2D eigenvalue weighted by atomic mass is 10.1. The van der Waals surface area contributed by atoms with E-state index in [9.17, 15) is 0 Å². The maximum absolute atomic E-state index is 6.42. The number of hydrogen-bond acceptors (Lipinski definition) is 4. The van der Waals surface area contributed by atoms with E-state index in [-0.39, 0.29) is 12.4 Å². The van der Waals surface area contributed by atoms with Gasteiger partial charge in [0.1, 0.15) is 18.1 Å². The molecule has 1 saturated heterocycles. The molecule has 2 aliphatic heterocycles. The van der Waals surface area contributed by atoms with Gasteiger partial charge in [0.05, 0.1) is 12.8 Å². The van der Waals surface area contributed by atoms with Crippen LogP contribution in [0.5, 0.6) is 11.5 Å². The molecule has 2 aliphatic rings. The van der Waals surface area contributed by atoms with Crippen molar-refractivity contribution in [2.24, 2.45) is 0 Å². The Bertz CT molecular complexity index is 1070. The number of methoxy groups -OCH3 is 1. The molecule has 1 atom stereocenters. The molecule has 0 saturated carbocycles. The molecule has 3 aromatic rings. The van der Waals surface area contributed by atoms with E-state index in [0.29, 0.717) is 12.6 Å². The molecule has 1 unspecified atom stereocenters. The Hall–Kier alpha value is -2.40. The second-order valence-electron chi connectivity index (χ2n) is 8.57. The van der Waals surface area contributed by atoms with E-state index in [4.69, 9.17) is 21.1 Å². The van der Waals surface area contributed by atoms with Gasteiger partial charge in [0.2, 0.25) is 0 Å². The Morgan fingerprint density at radius 2 is 1.85 bits per heavy atom. The van der Waals surface area contributed by atoms with E-state index in [1.165, 1.54) is 24.0 Å². The lowest BCUT2D eigenvalue weighted by molar-refractivity contribution is 0.261. The summed E-state index contributed by atoms with van der Waals surface area (Å²) in [7, 11) is 1.71. The van der Waals surface area contributed by atoms with Crippen molar-refractivity contribution < 1.29 is 9.47 Å². The highest BCUT2D eigenvalue weighted by Gasteiger charge is 2.30. The van der Waals surface area contributed by atoms with Crippen LogP contribution in [0.15, 0.2) is 66.7 Å². The first-order valence-corrected chi connectivity index (χ1v) is 11.7. The number of hydrogen-bond donors (Lipinski definition) is 0. The van der Waals surface area contributed by atoms with Gasteiger partial charge >= 0.3 is 0 Å². The predicted molar refractivity (Wildman–Crippen MR) is 138 cm³/mol. The maximum Gasteiger partial charge on any atom is 0.143 e. The van der Waals surface area contributed by atoms with Crippen LogP contribution in [0.25, 0.3) is 0 Å². The van der Waals surface area contributed by atoms with Crippen molar-refractivity contribution in [1.82, 2.24) is 4.90 Å². The second-order valence-corrected chi connectivity index (χ2v) is 9.01. The summed E-state index contributed by atoms with van der Waals surface area (Å²) in [5.74, 6) is 1.84. The number of fused-ring (bicyclic) bond motifs is 2. The minimum absolute atomic E-state index is 0. The van der Waals surface area contributed by atoms with E-state index in [1.54, 1.807) is 7.11 Å². The molecule has 0 radical (unpaired) electrons. The molecule has 1 fully saturated rings. The van der Waals surface area contributed by atoms with Gasteiger partial charge in [-0.1, -0.05) is 41.9 Å². The Labute approximate surface area is 207 Å². The first-order valence-electron chi connectivity index (χ1n) is 11.4. The molecule has 2 heterocycles. The molecule has 0 amide bonds. The summed E-state index contributed by atoms with van der Waals surface area (Å²) in [6.07, 6.45) is 3.49. The predicted octanol–water partition coefficient (Wildman–Crippen LogP) is 6.51. The van der Waals surface area contributed by atoms with Gasteiger partial charge in [-0.15, -0.1) is 12.4 Å². The number of nitrogens with zero attached hydrogens (tertiary/aromatic N) is 2. The van der Waals surface area contributed by atoms with Crippen molar-refractivity contribution in [3.63, 3.8) is 0 Å². The van der Waals surface area contributed by atoms with Gasteiger partial charge in [0.25, 0.3) is 0 Å². The minimum atomic E-state index is 0. The standard InChI is InChI=1S/C27H29ClN2O2.ClH/c1-31-24-12-8-20(9-13-24)14-16-29-15-4-5-23(29)18-30-25-6-2-3-7-27(25)32-19-21-10-11-22(28)17-26(21)30;/h2-3,6-13,17,23H,4-5,14-16,18-19H2,1H3;1H. The van der Waals surface area contributed by atoms with Crippen molar-refractivity contribution in [2.45, 2.75) is 31.9 Å². The van der Waals surface area contributed by atoms with Gasteiger partial charge in [0, 0.05) is 35.4 Å². The highest BCUT2D eigenvalue weighted by molar-refractivity contribution is 6.30. The molecule has 0 N–H and O–H groups in total. The highest BCUT2D eigenvalue weighted by Crippen LogP contribution is 2.41. The van der Waals surface area contributed by atoms with Gasteiger partial charge in [-0.2, -0.15) is 0 Å². The number of likely N-dealkylation sites (tertiary alicyclic amines) is 1. The first kappa shape index (κ1) is 23.7. The van der Waals surface area contributed by atoms with Crippen molar-refractivity contribution in [2.75, 3.05) is 31.6 Å². The third-order valence-corrected chi connectivity index (χ3v) is 6.85. The number of benzene rings is 3. The summed E-state index contributed by atoms with van der Waals surface area (Å²) in [5, 5.41) is 0.760. The lowest BCUT2D eigenvalue weighted by Crippen LogP contribution is -2.39. The Morgan fingerprint density at radius 1 is 1.03 bits per heavy atom. The van der Waals surface area contributed by atoms with Crippen LogP contribution in [-0.2, 0) is 13.0 Å². The average molecular weight is 485 g/mol. The number of ether oxygens (including phenoxy) is 2. The molecule has 0 bridgehead atoms. The Balaban J connectivity index is 0.00000259. The summed E-state index contributed by atoms with van der Waals surface area (Å²) >= 11 is 6.42. The van der Waals surface area contributed by atoms with Crippen molar-refractivity contribution >= 4 is 35.4 Å². The summed E-state index contributed by atoms with van der Waals surface area (Å²) in [5.41, 5.74) is 4.80. The molecular weight excluding hydrogens is 455 g/mol. The number of anilines is 2. The van der Waals surface area contributed by atoms with Gasteiger partial charge in [-0.3, -0.25) is 4.90 Å². The fourth-order valence-electron chi connectivity index (χ4n) is 4.87. The zero-order chi connectivity index (χ0) is 21.9. The van der Waals surface area contributed by atoms with Crippen molar-refractivity contribution in [3.8, 4) is 11.5 Å². The molecule has 174 valence electrons. The topological polar surface area (TPSA) is 24.9 Å². The van der Waals surface area contributed by atoms with Crippen LogP contribution >= 0.6 is 24.0 Å². The first-order chi connectivity index (χ1) is 15.7. The quantitative estimate of drug-likeness (QED) is 0.398. The second kappa shape index (κ2) is 10.7. The van der Waals surface area contributed by atoms with Crippen LogP contribution in [0.4, 0.5) is 11.4 Å². The van der Waals surface area contributed by atoms with Gasteiger partial charge in [0.15, 0.2) is 0 Å². The smallest absolute Gasteiger partial charge is 0.143 e. The SMILES string of the molecule is COc1ccc(CCN2CCCC2CN2c3cc(Cl)ccc3COc3ccccc32)cc1.Cl. The largest absolute Gasteiger partial charge is 0.497 e. The molecule has 5 rings (SSSR count). The minimum Gasteiger partial charge on any atom is -0.497 e. The van der Waals surface area contributed by atoms with Crippen LogP contribution in [-0.4, -0.2) is 37.7 Å². The lowest BCUT2D eigenvalue weighted by Gasteiger charge is -2.33. The fourth-order valence-corrected chi connectivity index (χ4v) is 5.03. The fraction of sp³-hybridized carbons (Fsp3) is 0.333. The van der Waals surface area contributed by atoms with Crippen LogP contribution in [0.2, 0.25) is 5.02 Å². The normalized spacial score (nSPS) is 17.4. The number of halogens is 2. The van der Waals surface area contributed by atoms with E-state index < -0.39 is 0 Å². The summed E-state index contributed by atoms with van der Waals surface area (Å²) in [4.78, 5) is 5.06. The monoisotopic (exact) mass is 484 g/mol. The van der Waals surface area contributed by atoms with Crippen LogP contribution in [0, 0.1) is 0 Å². The summed E-state index contributed by atoms with van der Waals surface area (Å²) < 4.78 is 11.4. The zero-order valence-electron chi connectivity index (χ0n) is 18.9. The van der Waals surface area contributed by atoms with Gasteiger partial charge < -0.3 is 14.4 Å². The van der Waals surface area contributed by atoms with E-state index in [1.807, 2.05) is 24.3 Å². The molecule has 6 heteroatoms. The van der Waals surface area contributed by atoms with Crippen LogP contribution < -0.4 is 14.4 Å². The molecular formula is C27H30Cl2N2O2. The van der Waals surface area contributed by atoms with Gasteiger partial charge in [-0.25, -0.2) is 0 Å². The third kappa shape index (κ3) is 5.24. The molecule has 4 nitrogen and oxygen atoms in total. The Kier molecular flexibility index (Phi) is 7.69. The van der Waals surface area contributed by atoms with Crippen molar-refractivity contribution in [1.29, 1.82) is 0 Å². The maximum atomic E-state index is 6.42. The molecule has 0 aliphatic carbocycles. The molecule has 0 spiro atoms. The third-order valence-electron chi connectivity index (χ3n) is 6.62. The average Bonchev–Trinajstić information content (AvgIpc) is 3.21.